The molecule has 1 aromatic carbocycles. The van der Waals surface area contributed by atoms with Crippen molar-refractivity contribution in [1.82, 2.24) is 9.13 Å². The van der Waals surface area contributed by atoms with Crippen LogP contribution < -0.4 is 16.6 Å². The molecular weight excluding hydrogens is 355 g/mol. The average Bonchev–Trinajstić information content (AvgIpc) is 2.56. The molecule has 0 radical (unpaired) electrons. The van der Waals surface area contributed by atoms with Gasteiger partial charge in [-0.2, -0.15) is 0 Å². The zero-order valence-corrected chi connectivity index (χ0v) is 15.4. The van der Waals surface area contributed by atoms with Gasteiger partial charge >= 0.3 is 143 Å². The van der Waals surface area contributed by atoms with Crippen molar-refractivity contribution in [3.05, 3.63) is 62.3 Å². The van der Waals surface area contributed by atoms with Crippen LogP contribution in [-0.4, -0.2) is 32.5 Å². The molecule has 6 nitrogen and oxygen atoms in total. The molecule has 0 amide bonds. The fourth-order valence-corrected chi connectivity index (χ4v) is 2.65. The van der Waals surface area contributed by atoms with E-state index in [-0.39, 0.29) is 17.8 Å². The predicted molar refractivity (Wildman–Crippen MR) is 92.7 cm³/mol. The Balaban J connectivity index is 2.57. The number of anilines is 1. The van der Waals surface area contributed by atoms with E-state index in [0.717, 1.165) is 10.8 Å². The van der Waals surface area contributed by atoms with Gasteiger partial charge in [0.15, 0.2) is 0 Å². The second kappa shape index (κ2) is 7.84. The average molecular weight is 374 g/mol. The van der Waals surface area contributed by atoms with Crippen molar-refractivity contribution >= 4 is 22.7 Å². The Labute approximate surface area is 142 Å². The van der Waals surface area contributed by atoms with Crippen LogP contribution >= 0.6 is 0 Å². The van der Waals surface area contributed by atoms with Crippen LogP contribution in [0.15, 0.2) is 39.9 Å². The number of nitrogens with one attached hydrogen (secondary N) is 1. The molecule has 2 aromatic rings. The van der Waals surface area contributed by atoms with Gasteiger partial charge in [0, 0.05) is 0 Å². The molecule has 0 saturated heterocycles. The third-order valence-corrected chi connectivity index (χ3v) is 4.12. The maximum absolute atomic E-state index is 12.6. The van der Waals surface area contributed by atoms with Crippen LogP contribution in [0.2, 0.25) is 5.21 Å². The van der Waals surface area contributed by atoms with Gasteiger partial charge in [-0.05, 0) is 0 Å². The van der Waals surface area contributed by atoms with Gasteiger partial charge in [-0.3, -0.25) is 0 Å². The van der Waals surface area contributed by atoms with E-state index < -0.39 is 0 Å². The van der Waals surface area contributed by atoms with E-state index in [9.17, 15) is 14.9 Å². The minimum atomic E-state index is -0.364. The molecule has 0 aliphatic carbocycles. The third kappa shape index (κ3) is 3.75. The van der Waals surface area contributed by atoms with Gasteiger partial charge in [0.1, 0.15) is 0 Å². The number of aromatic nitrogens is 2. The fourth-order valence-electron chi connectivity index (χ4n) is 2.34. The summed E-state index contributed by atoms with van der Waals surface area (Å²) in [6.07, 6.45) is 0. The molecule has 1 unspecified atom stereocenters. The molecule has 120 valence electrons. The molecule has 0 aliphatic rings. The van der Waals surface area contributed by atoms with Gasteiger partial charge in [0.05, 0.1) is 0 Å². The van der Waals surface area contributed by atoms with E-state index in [1.54, 1.807) is 35.9 Å². The molecule has 0 fully saturated rings. The van der Waals surface area contributed by atoms with Gasteiger partial charge in [-0.15, -0.1) is 0 Å². The molecule has 23 heavy (non-hydrogen) atoms. The molecule has 2 rings (SSSR count). The zero-order valence-electron chi connectivity index (χ0n) is 13.0. The summed E-state index contributed by atoms with van der Waals surface area (Å²) in [5.74, 6) is 0.495. The zero-order chi connectivity index (χ0) is 16.8. The van der Waals surface area contributed by atoms with E-state index in [1.807, 2.05) is 12.1 Å². The van der Waals surface area contributed by atoms with Gasteiger partial charge < -0.3 is 0 Å². The van der Waals surface area contributed by atoms with Crippen LogP contribution in [-0.2, 0) is 13.1 Å². The first-order valence-corrected chi connectivity index (χ1v) is 9.10. The van der Waals surface area contributed by atoms with Crippen LogP contribution in [0.3, 0.4) is 0 Å². The number of benzene rings is 1. The standard InChI is InChI=1S/C16H19AsN4O2/c1-2-20-15(22)9-14(19-8-7-17)21(16(20)23)11-13-6-4-3-5-12(13)10-18/h3-6,9,19H,2,7-8,11,17H2,1H3. The van der Waals surface area contributed by atoms with Gasteiger partial charge in [0.25, 0.3) is 0 Å². The SMILES string of the molecule is CCn1c(=O)cc(NCC[AsH2])n(Cc2ccccc2C#N)c1=O. The number of nitriles is 1. The third-order valence-electron chi connectivity index (χ3n) is 3.51. The summed E-state index contributed by atoms with van der Waals surface area (Å²) in [7, 11) is 0. The number of rotatable bonds is 6. The molecule has 7 heteroatoms. The van der Waals surface area contributed by atoms with Crippen LogP contribution in [0.4, 0.5) is 5.82 Å². The Morgan fingerprint density at radius 3 is 2.65 bits per heavy atom. The molecule has 0 bridgehead atoms. The van der Waals surface area contributed by atoms with Gasteiger partial charge in [-0.1, -0.05) is 0 Å². The molecule has 0 spiro atoms. The van der Waals surface area contributed by atoms with Crippen molar-refractivity contribution in [2.24, 2.45) is 0 Å². The maximum atomic E-state index is 12.6. The van der Waals surface area contributed by atoms with E-state index >= 15 is 0 Å². The van der Waals surface area contributed by atoms with Crippen LogP contribution in [0.5, 0.6) is 0 Å². The number of hydrogen-bond acceptors (Lipinski definition) is 4. The topological polar surface area (TPSA) is 79.8 Å². The van der Waals surface area contributed by atoms with E-state index in [0.29, 0.717) is 24.5 Å². The van der Waals surface area contributed by atoms with Gasteiger partial charge in [-0.25, -0.2) is 0 Å². The molecule has 1 N–H and O–H groups in total. The van der Waals surface area contributed by atoms with Crippen molar-refractivity contribution in [2.45, 2.75) is 25.2 Å². The van der Waals surface area contributed by atoms with Crippen LogP contribution in [0, 0.1) is 11.3 Å². The Hall–Kier alpha value is -2.25. The first kappa shape index (κ1) is 17.1. The Kier molecular flexibility index (Phi) is 5.83. The quantitative estimate of drug-likeness (QED) is 0.743. The summed E-state index contributed by atoms with van der Waals surface area (Å²) >= 11 is 1.57. The number of hydrogen-bond donors (Lipinski definition) is 1. The summed E-state index contributed by atoms with van der Waals surface area (Å²) in [5.41, 5.74) is 0.601. The van der Waals surface area contributed by atoms with Crippen LogP contribution in [0.1, 0.15) is 18.1 Å². The molecular formula is C16H19AsN4O2. The first-order chi connectivity index (χ1) is 11.1. The van der Waals surface area contributed by atoms with E-state index in [2.05, 4.69) is 11.4 Å². The Morgan fingerprint density at radius 2 is 2.00 bits per heavy atom. The fraction of sp³-hybridized carbons (Fsp3) is 0.312. The van der Waals surface area contributed by atoms with E-state index in [4.69, 9.17) is 0 Å². The summed E-state index contributed by atoms with van der Waals surface area (Å²) < 4.78 is 2.71. The summed E-state index contributed by atoms with van der Waals surface area (Å²) in [6.45, 7) is 3.02. The molecule has 1 aromatic heterocycles. The first-order valence-electron chi connectivity index (χ1n) is 7.39. The molecule has 1 heterocycles. The molecule has 0 aliphatic heterocycles. The van der Waals surface area contributed by atoms with E-state index in [1.165, 1.54) is 15.2 Å². The second-order valence-corrected chi connectivity index (χ2v) is 6.18. The van der Waals surface area contributed by atoms with Crippen molar-refractivity contribution in [2.75, 3.05) is 11.9 Å². The van der Waals surface area contributed by atoms with Crippen molar-refractivity contribution in [3.8, 4) is 6.07 Å². The summed E-state index contributed by atoms with van der Waals surface area (Å²) in [6, 6.07) is 10.7. The molecule has 1 atom stereocenters. The Morgan fingerprint density at radius 1 is 1.26 bits per heavy atom. The normalized spacial score (nSPS) is 10.3. The van der Waals surface area contributed by atoms with Crippen LogP contribution in [0.25, 0.3) is 0 Å². The second-order valence-electron chi connectivity index (χ2n) is 4.97. The van der Waals surface area contributed by atoms with Crippen molar-refractivity contribution < 1.29 is 0 Å². The van der Waals surface area contributed by atoms with Crippen molar-refractivity contribution in [3.63, 3.8) is 0 Å². The predicted octanol–water partition coefficient (Wildman–Crippen LogP) is 0.413. The monoisotopic (exact) mass is 374 g/mol. The van der Waals surface area contributed by atoms with Crippen molar-refractivity contribution in [1.29, 1.82) is 5.26 Å². The Bertz CT molecular complexity index is 848. The number of nitrogens with zero attached hydrogens (tertiary/aromatic N) is 3. The molecule has 0 saturated carbocycles. The van der Waals surface area contributed by atoms with Gasteiger partial charge in [0.2, 0.25) is 0 Å². The minimum absolute atomic E-state index is 0.250. The summed E-state index contributed by atoms with van der Waals surface area (Å²) in [5, 5.41) is 13.3. The summed E-state index contributed by atoms with van der Waals surface area (Å²) in [4.78, 5) is 24.7.